The zero-order chi connectivity index (χ0) is 24.3. The van der Waals surface area contributed by atoms with E-state index in [4.69, 9.17) is 9.47 Å². The molecule has 2 N–H and O–H groups in total. The lowest BCUT2D eigenvalue weighted by Crippen LogP contribution is -2.42. The number of esters is 1. The highest BCUT2D eigenvalue weighted by atomic mass is 32.2. The second-order valence-corrected chi connectivity index (χ2v) is 7.67. The third-order valence-electron chi connectivity index (χ3n) is 4.28. The standard InChI is InChI=1S/C22H22FN5O5S/c1-32-12-11-24-21(31)25-18(29)13-33-19(30)14-34-22-27-26-20(15-7-9-16(23)10-8-15)28(22)17-5-3-2-4-6-17/h2-10H,11-14H2,1H3,(H2,24,25,29,31). The van der Waals surface area contributed by atoms with E-state index in [9.17, 15) is 18.8 Å². The first-order valence-corrected chi connectivity index (χ1v) is 11.1. The number of carbonyl (C=O) groups is 3. The first kappa shape index (κ1) is 24.9. The van der Waals surface area contributed by atoms with Crippen molar-refractivity contribution in [1.29, 1.82) is 0 Å². The van der Waals surface area contributed by atoms with Gasteiger partial charge in [0.25, 0.3) is 5.91 Å². The Labute approximate surface area is 198 Å². The number of thioether (sulfide) groups is 1. The normalized spacial score (nSPS) is 10.5. The van der Waals surface area contributed by atoms with Crippen LogP contribution in [0.25, 0.3) is 17.1 Å². The van der Waals surface area contributed by atoms with Gasteiger partial charge in [0.2, 0.25) is 0 Å². The van der Waals surface area contributed by atoms with E-state index in [0.29, 0.717) is 23.2 Å². The van der Waals surface area contributed by atoms with Gasteiger partial charge in [0.15, 0.2) is 17.6 Å². The van der Waals surface area contributed by atoms with Gasteiger partial charge in [-0.05, 0) is 36.4 Å². The van der Waals surface area contributed by atoms with E-state index in [1.165, 1.54) is 19.2 Å². The van der Waals surface area contributed by atoms with Crippen molar-refractivity contribution in [1.82, 2.24) is 25.4 Å². The minimum atomic E-state index is -0.765. The predicted octanol–water partition coefficient (Wildman–Crippen LogP) is 2.18. The fraction of sp³-hybridized carbons (Fsp3) is 0.227. The third kappa shape index (κ3) is 7.12. The molecule has 1 aromatic heterocycles. The lowest BCUT2D eigenvalue weighted by atomic mass is 10.2. The predicted molar refractivity (Wildman–Crippen MR) is 122 cm³/mol. The summed E-state index contributed by atoms with van der Waals surface area (Å²) in [5, 5.41) is 13.2. The molecule has 0 unspecified atom stereocenters. The highest BCUT2D eigenvalue weighted by Crippen LogP contribution is 2.28. The Morgan fingerprint density at radius 1 is 1.06 bits per heavy atom. The summed E-state index contributed by atoms with van der Waals surface area (Å²) < 4.78 is 24.8. The molecule has 0 aliphatic heterocycles. The number of ether oxygens (including phenoxy) is 2. The molecule has 0 spiro atoms. The van der Waals surface area contributed by atoms with Gasteiger partial charge in [0, 0.05) is 24.9 Å². The van der Waals surface area contributed by atoms with Crippen molar-refractivity contribution < 1.29 is 28.2 Å². The van der Waals surface area contributed by atoms with Crippen LogP contribution in [0.4, 0.5) is 9.18 Å². The number of urea groups is 1. The van der Waals surface area contributed by atoms with E-state index in [2.05, 4.69) is 15.5 Å². The molecule has 0 bridgehead atoms. The maximum absolute atomic E-state index is 13.4. The number of rotatable bonds is 10. The van der Waals surface area contributed by atoms with Crippen molar-refractivity contribution in [3.63, 3.8) is 0 Å². The Morgan fingerprint density at radius 3 is 2.50 bits per heavy atom. The number of imide groups is 1. The van der Waals surface area contributed by atoms with Crippen LogP contribution in [0.2, 0.25) is 0 Å². The van der Waals surface area contributed by atoms with Gasteiger partial charge in [-0.1, -0.05) is 30.0 Å². The zero-order valence-corrected chi connectivity index (χ0v) is 19.0. The summed E-state index contributed by atoms with van der Waals surface area (Å²) in [7, 11) is 1.48. The maximum atomic E-state index is 13.4. The number of aromatic nitrogens is 3. The van der Waals surface area contributed by atoms with E-state index in [1.54, 1.807) is 16.7 Å². The Hall–Kier alpha value is -3.77. The van der Waals surface area contributed by atoms with Gasteiger partial charge in [-0.25, -0.2) is 9.18 Å². The van der Waals surface area contributed by atoms with Crippen LogP contribution in [0.1, 0.15) is 0 Å². The molecule has 3 aromatic rings. The van der Waals surface area contributed by atoms with Crippen molar-refractivity contribution in [2.75, 3.05) is 32.6 Å². The van der Waals surface area contributed by atoms with Gasteiger partial charge < -0.3 is 14.8 Å². The van der Waals surface area contributed by atoms with Crippen molar-refractivity contribution >= 4 is 29.7 Å². The fourth-order valence-electron chi connectivity index (χ4n) is 2.74. The molecule has 178 valence electrons. The van der Waals surface area contributed by atoms with Gasteiger partial charge in [0.1, 0.15) is 5.82 Å². The van der Waals surface area contributed by atoms with Gasteiger partial charge in [-0.15, -0.1) is 10.2 Å². The summed E-state index contributed by atoms with van der Waals surface area (Å²) in [4.78, 5) is 35.4. The fourth-order valence-corrected chi connectivity index (χ4v) is 3.49. The third-order valence-corrected chi connectivity index (χ3v) is 5.18. The first-order valence-electron chi connectivity index (χ1n) is 10.1. The second-order valence-electron chi connectivity index (χ2n) is 6.73. The number of nitrogens with zero attached hydrogens (tertiary/aromatic N) is 3. The lowest BCUT2D eigenvalue weighted by Gasteiger charge is -2.10. The van der Waals surface area contributed by atoms with Crippen LogP contribution in [-0.2, 0) is 19.1 Å². The number of nitrogens with one attached hydrogen (secondary N) is 2. The molecular weight excluding hydrogens is 465 g/mol. The summed E-state index contributed by atoms with van der Waals surface area (Å²) in [6, 6.07) is 14.4. The highest BCUT2D eigenvalue weighted by Gasteiger charge is 2.18. The van der Waals surface area contributed by atoms with Crippen molar-refractivity contribution in [2.45, 2.75) is 5.16 Å². The minimum Gasteiger partial charge on any atom is -0.455 e. The summed E-state index contributed by atoms with van der Waals surface area (Å²) in [6.45, 7) is -0.0817. The molecular formula is C22H22FN5O5S. The van der Waals surface area contributed by atoms with Crippen LogP contribution >= 0.6 is 11.8 Å². The topological polar surface area (TPSA) is 124 Å². The number of methoxy groups -OCH3 is 1. The molecule has 10 nitrogen and oxygen atoms in total. The number of hydrogen-bond acceptors (Lipinski definition) is 8. The molecule has 1 heterocycles. The van der Waals surface area contributed by atoms with E-state index < -0.39 is 24.5 Å². The summed E-state index contributed by atoms with van der Waals surface area (Å²) >= 11 is 1.06. The lowest BCUT2D eigenvalue weighted by molar-refractivity contribution is -0.145. The van der Waals surface area contributed by atoms with Gasteiger partial charge in [-0.3, -0.25) is 19.5 Å². The van der Waals surface area contributed by atoms with E-state index >= 15 is 0 Å². The largest absolute Gasteiger partial charge is 0.455 e. The molecule has 3 rings (SSSR count). The number of para-hydroxylation sites is 1. The first-order chi connectivity index (χ1) is 16.5. The zero-order valence-electron chi connectivity index (χ0n) is 18.2. The number of carbonyl (C=O) groups excluding carboxylic acids is 3. The summed E-state index contributed by atoms with van der Waals surface area (Å²) in [5.41, 5.74) is 1.40. The Morgan fingerprint density at radius 2 is 1.79 bits per heavy atom. The number of hydrogen-bond donors (Lipinski definition) is 2. The van der Waals surface area contributed by atoms with Gasteiger partial charge in [0.05, 0.1) is 12.4 Å². The second kappa shape index (κ2) is 12.5. The van der Waals surface area contributed by atoms with E-state index in [0.717, 1.165) is 17.4 Å². The van der Waals surface area contributed by atoms with Gasteiger partial charge in [-0.2, -0.15) is 0 Å². The van der Waals surface area contributed by atoms with Crippen molar-refractivity contribution in [3.05, 3.63) is 60.4 Å². The van der Waals surface area contributed by atoms with Crippen molar-refractivity contribution in [2.24, 2.45) is 0 Å². The monoisotopic (exact) mass is 487 g/mol. The van der Waals surface area contributed by atoms with Crippen molar-refractivity contribution in [3.8, 4) is 17.1 Å². The molecule has 0 saturated carbocycles. The molecule has 0 aliphatic rings. The smallest absolute Gasteiger partial charge is 0.321 e. The molecule has 0 radical (unpaired) electrons. The van der Waals surface area contributed by atoms with Crippen LogP contribution in [0.15, 0.2) is 59.8 Å². The quantitative estimate of drug-likeness (QED) is 0.253. The van der Waals surface area contributed by atoms with Crippen LogP contribution in [0.5, 0.6) is 0 Å². The highest BCUT2D eigenvalue weighted by molar-refractivity contribution is 7.99. The Balaban J connectivity index is 1.61. The summed E-state index contributed by atoms with van der Waals surface area (Å²) in [5.74, 6) is -1.49. The van der Waals surface area contributed by atoms with E-state index in [1.807, 2.05) is 35.6 Å². The Bertz CT molecular complexity index is 1120. The minimum absolute atomic E-state index is 0.151. The van der Waals surface area contributed by atoms with Crippen LogP contribution in [0.3, 0.4) is 0 Å². The molecule has 0 fully saturated rings. The SMILES string of the molecule is COCCNC(=O)NC(=O)COC(=O)CSc1nnc(-c2ccc(F)cc2)n1-c1ccccc1. The molecule has 0 atom stereocenters. The van der Waals surface area contributed by atoms with Gasteiger partial charge >= 0.3 is 12.0 Å². The van der Waals surface area contributed by atoms with Crippen LogP contribution in [-0.4, -0.2) is 65.3 Å². The molecule has 0 aliphatic carbocycles. The molecule has 34 heavy (non-hydrogen) atoms. The number of benzene rings is 2. The Kier molecular flexibility index (Phi) is 9.12. The average molecular weight is 488 g/mol. The van der Waals surface area contributed by atoms with Crippen LogP contribution in [0, 0.1) is 5.82 Å². The molecule has 0 saturated heterocycles. The molecule has 2 aromatic carbocycles. The maximum Gasteiger partial charge on any atom is 0.321 e. The number of halogens is 1. The molecule has 12 heteroatoms. The van der Waals surface area contributed by atoms with E-state index in [-0.39, 0.29) is 18.1 Å². The average Bonchev–Trinajstić information content (AvgIpc) is 3.26. The summed E-state index contributed by atoms with van der Waals surface area (Å²) in [6.07, 6.45) is 0. The molecule has 3 amide bonds. The van der Waals surface area contributed by atoms with Crippen LogP contribution < -0.4 is 10.6 Å². The number of amides is 3.